The minimum Gasteiger partial charge on any atom is -0.496 e. The number of anilines is 1. The van der Waals surface area contributed by atoms with Gasteiger partial charge in [-0.05, 0) is 25.1 Å². The van der Waals surface area contributed by atoms with Crippen LogP contribution < -0.4 is 24.5 Å². The lowest BCUT2D eigenvalue weighted by atomic mass is 9.95. The summed E-state index contributed by atoms with van der Waals surface area (Å²) in [6.45, 7) is 4.23. The van der Waals surface area contributed by atoms with Gasteiger partial charge in [0.05, 0.1) is 47.7 Å². The Morgan fingerprint density at radius 3 is 2.67 bits per heavy atom. The maximum Gasteiger partial charge on any atom is 0.338 e. The molecule has 1 atom stereocenters. The Hall–Kier alpha value is -4.33. The van der Waals surface area contributed by atoms with Crippen LogP contribution in [0.2, 0.25) is 0 Å². The molecule has 1 unspecified atom stereocenters. The number of morpholine rings is 1. The van der Waals surface area contributed by atoms with Gasteiger partial charge in [-0.2, -0.15) is 0 Å². The molecule has 0 amide bonds. The van der Waals surface area contributed by atoms with E-state index in [-0.39, 0.29) is 24.5 Å². The maximum atomic E-state index is 14.1. The quantitative estimate of drug-likeness (QED) is 0.158. The molecular formula is C29H30N4O8S. The van der Waals surface area contributed by atoms with E-state index in [1.165, 1.54) is 30.9 Å². The lowest BCUT2D eigenvalue weighted by molar-refractivity contribution is -0.384. The van der Waals surface area contributed by atoms with Crippen LogP contribution in [0.25, 0.3) is 6.08 Å². The van der Waals surface area contributed by atoms with Crippen molar-refractivity contribution in [3.63, 3.8) is 0 Å². The number of aromatic nitrogens is 1. The van der Waals surface area contributed by atoms with Gasteiger partial charge in [0.1, 0.15) is 18.4 Å². The number of carbonyl (C=O) groups excluding carboxylic acids is 1. The van der Waals surface area contributed by atoms with Gasteiger partial charge in [-0.25, -0.2) is 9.79 Å². The Kier molecular flexibility index (Phi) is 8.80. The van der Waals surface area contributed by atoms with Crippen LogP contribution in [0.3, 0.4) is 0 Å². The third-order valence-corrected chi connectivity index (χ3v) is 8.04. The van der Waals surface area contributed by atoms with Crippen molar-refractivity contribution < 1.29 is 28.7 Å². The molecule has 0 spiro atoms. The number of thiazole rings is 1. The van der Waals surface area contributed by atoms with E-state index in [1.54, 1.807) is 43.3 Å². The fourth-order valence-corrected chi connectivity index (χ4v) is 6.11. The molecule has 1 aromatic heterocycles. The van der Waals surface area contributed by atoms with Crippen LogP contribution >= 0.6 is 11.3 Å². The number of rotatable bonds is 9. The van der Waals surface area contributed by atoms with Gasteiger partial charge in [-0.3, -0.25) is 19.5 Å². The van der Waals surface area contributed by atoms with Crippen molar-refractivity contribution in [3.8, 4) is 5.75 Å². The summed E-state index contributed by atoms with van der Waals surface area (Å²) in [6.07, 6.45) is 1.65. The molecule has 2 aliphatic rings. The highest BCUT2D eigenvalue weighted by atomic mass is 32.1. The number of esters is 1. The molecule has 1 fully saturated rings. The smallest absolute Gasteiger partial charge is 0.338 e. The van der Waals surface area contributed by atoms with Gasteiger partial charge in [-0.1, -0.05) is 29.5 Å². The molecule has 5 rings (SSSR count). The highest BCUT2D eigenvalue weighted by Crippen LogP contribution is 2.35. The fraction of sp³-hybridized carbons (Fsp3) is 0.345. The summed E-state index contributed by atoms with van der Waals surface area (Å²) in [5.74, 6) is -0.131. The number of carbonyl (C=O) groups is 1. The lowest BCUT2D eigenvalue weighted by Gasteiger charge is -2.30. The predicted octanol–water partition coefficient (Wildman–Crippen LogP) is 2.18. The molecule has 0 radical (unpaired) electrons. The van der Waals surface area contributed by atoms with Crippen molar-refractivity contribution in [3.05, 3.63) is 94.7 Å². The van der Waals surface area contributed by atoms with E-state index in [0.29, 0.717) is 58.2 Å². The molecule has 42 heavy (non-hydrogen) atoms. The first-order valence-electron chi connectivity index (χ1n) is 13.3. The second-order valence-corrected chi connectivity index (χ2v) is 10.6. The van der Waals surface area contributed by atoms with E-state index in [9.17, 15) is 19.7 Å². The van der Waals surface area contributed by atoms with Crippen LogP contribution in [0, 0.1) is 10.1 Å². The van der Waals surface area contributed by atoms with Crippen molar-refractivity contribution in [2.45, 2.75) is 13.0 Å². The largest absolute Gasteiger partial charge is 0.496 e. The number of hydrogen-bond donors (Lipinski definition) is 0. The Bertz CT molecular complexity index is 1720. The summed E-state index contributed by atoms with van der Waals surface area (Å²) in [4.78, 5) is 45.7. The summed E-state index contributed by atoms with van der Waals surface area (Å²) in [5.41, 5.74) is 2.00. The maximum absolute atomic E-state index is 14.1. The van der Waals surface area contributed by atoms with Gasteiger partial charge in [0.25, 0.3) is 11.2 Å². The van der Waals surface area contributed by atoms with Gasteiger partial charge < -0.3 is 23.8 Å². The third-order valence-electron chi connectivity index (χ3n) is 7.06. The van der Waals surface area contributed by atoms with Gasteiger partial charge >= 0.3 is 5.97 Å². The van der Waals surface area contributed by atoms with Crippen molar-refractivity contribution >= 4 is 34.8 Å². The van der Waals surface area contributed by atoms with E-state index in [1.807, 2.05) is 0 Å². The Balaban J connectivity index is 1.70. The zero-order valence-corrected chi connectivity index (χ0v) is 24.2. The fourth-order valence-electron chi connectivity index (χ4n) is 5.07. The van der Waals surface area contributed by atoms with E-state index in [4.69, 9.17) is 18.9 Å². The number of fused-ring (bicyclic) bond motifs is 1. The minimum absolute atomic E-state index is 0.0340. The van der Waals surface area contributed by atoms with Crippen LogP contribution in [0.5, 0.6) is 5.75 Å². The molecule has 1 saturated heterocycles. The van der Waals surface area contributed by atoms with Crippen molar-refractivity contribution in [2.24, 2.45) is 4.99 Å². The molecule has 13 heteroatoms. The number of nitrogens with zero attached hydrogens (tertiary/aromatic N) is 4. The second-order valence-electron chi connectivity index (χ2n) is 9.55. The highest BCUT2D eigenvalue weighted by Gasteiger charge is 2.35. The molecule has 3 aromatic rings. The highest BCUT2D eigenvalue weighted by molar-refractivity contribution is 7.07. The van der Waals surface area contributed by atoms with Crippen LogP contribution in [0.15, 0.2) is 63.5 Å². The lowest BCUT2D eigenvalue weighted by Crippen LogP contribution is -2.40. The van der Waals surface area contributed by atoms with Gasteiger partial charge in [0.2, 0.25) is 0 Å². The summed E-state index contributed by atoms with van der Waals surface area (Å²) in [5, 5.41) is 11.6. The molecule has 2 aromatic carbocycles. The molecule has 220 valence electrons. The Labute approximate surface area is 244 Å². The zero-order chi connectivity index (χ0) is 29.8. The van der Waals surface area contributed by atoms with Crippen LogP contribution in [-0.4, -0.2) is 69.2 Å². The average Bonchev–Trinajstić information content (AvgIpc) is 3.30. The number of allylic oxidation sites excluding steroid dienone is 1. The topological polar surface area (TPSA) is 135 Å². The number of methoxy groups -OCH3 is 2. The summed E-state index contributed by atoms with van der Waals surface area (Å²) in [6, 6.07) is 10.9. The van der Waals surface area contributed by atoms with E-state index in [0.717, 1.165) is 17.0 Å². The zero-order valence-electron chi connectivity index (χ0n) is 23.4. The predicted molar refractivity (Wildman–Crippen MR) is 156 cm³/mol. The molecule has 0 N–H and O–H groups in total. The van der Waals surface area contributed by atoms with Crippen molar-refractivity contribution in [2.75, 3.05) is 58.6 Å². The van der Waals surface area contributed by atoms with Crippen molar-refractivity contribution in [1.29, 1.82) is 0 Å². The number of non-ortho nitro benzene ring substituents is 1. The number of para-hydroxylation sites is 1. The normalized spacial score (nSPS) is 17.1. The molecule has 2 aliphatic heterocycles. The van der Waals surface area contributed by atoms with Crippen LogP contribution in [-0.2, 0) is 19.0 Å². The standard InChI is InChI=1S/C29H30N4O8S/c1-18-25(28(35)41-15-14-38-2)26(21-6-4-5-7-23(21)39-3)32-27(34)24(42-29(32)30-18)17-19-16-20(33(36)37)8-9-22(19)31-10-12-40-13-11-31/h4-9,16-17,26H,10-15H2,1-3H3. The average molecular weight is 595 g/mol. The van der Waals surface area contributed by atoms with Crippen LogP contribution in [0.1, 0.15) is 24.1 Å². The summed E-state index contributed by atoms with van der Waals surface area (Å²) < 4.78 is 23.3. The number of hydrogen-bond acceptors (Lipinski definition) is 11. The van der Waals surface area contributed by atoms with E-state index in [2.05, 4.69) is 9.89 Å². The van der Waals surface area contributed by atoms with E-state index >= 15 is 0 Å². The number of ether oxygens (including phenoxy) is 4. The Morgan fingerprint density at radius 1 is 1.19 bits per heavy atom. The number of benzene rings is 2. The molecular weight excluding hydrogens is 564 g/mol. The molecule has 3 heterocycles. The first-order chi connectivity index (χ1) is 20.3. The number of nitro groups is 1. The Morgan fingerprint density at radius 2 is 1.95 bits per heavy atom. The molecule has 0 saturated carbocycles. The van der Waals surface area contributed by atoms with Gasteiger partial charge in [0, 0.05) is 49.1 Å². The summed E-state index contributed by atoms with van der Waals surface area (Å²) >= 11 is 1.15. The summed E-state index contributed by atoms with van der Waals surface area (Å²) in [7, 11) is 3.03. The third kappa shape index (κ3) is 5.71. The van der Waals surface area contributed by atoms with Gasteiger partial charge in [-0.15, -0.1) is 0 Å². The molecule has 0 bridgehead atoms. The van der Waals surface area contributed by atoms with Crippen LogP contribution in [0.4, 0.5) is 11.4 Å². The second kappa shape index (κ2) is 12.7. The molecule has 12 nitrogen and oxygen atoms in total. The van der Waals surface area contributed by atoms with Crippen molar-refractivity contribution in [1.82, 2.24) is 4.57 Å². The SMILES string of the molecule is COCCOC(=O)C1=C(C)N=c2sc(=Cc3cc([N+](=O)[O-])ccc3N3CCOCC3)c(=O)n2C1c1ccccc1OC. The molecule has 0 aliphatic carbocycles. The first kappa shape index (κ1) is 29.2. The first-order valence-corrected chi connectivity index (χ1v) is 14.1. The minimum atomic E-state index is -0.876. The number of nitro benzene ring substituents is 1. The monoisotopic (exact) mass is 594 g/mol. The van der Waals surface area contributed by atoms with E-state index < -0.39 is 22.5 Å². The van der Waals surface area contributed by atoms with Gasteiger partial charge in [0.15, 0.2) is 4.80 Å².